The zero-order valence-electron chi connectivity index (χ0n) is 7.13. The van der Waals surface area contributed by atoms with Crippen LogP contribution < -0.4 is 0 Å². The molecule has 0 amide bonds. The maximum atomic E-state index is 12.2. The van der Waals surface area contributed by atoms with Gasteiger partial charge >= 0.3 is 6.18 Å². The fourth-order valence-corrected chi connectivity index (χ4v) is 0.902. The van der Waals surface area contributed by atoms with Crippen molar-refractivity contribution < 1.29 is 22.8 Å². The first-order chi connectivity index (χ1) is 6.45. The topological polar surface area (TPSA) is 38.7 Å². The van der Waals surface area contributed by atoms with E-state index in [1.165, 1.54) is 7.11 Å². The van der Waals surface area contributed by atoms with E-state index in [1.54, 1.807) is 0 Å². The number of carbonyl (C=O) groups excluding carboxylic acids is 1. The van der Waals surface area contributed by atoms with Crippen LogP contribution in [0.2, 0.25) is 0 Å². The standard InChI is InChI=1S/C8H6F3NO2/c1-14-12-5-2-3-7(13)6(4-5)8(9,10)11/h2-4H,1H3/b12-5+. The molecule has 0 fully saturated rings. The van der Waals surface area contributed by atoms with Gasteiger partial charge in [0.25, 0.3) is 0 Å². The average molecular weight is 205 g/mol. The third-order valence-corrected chi connectivity index (χ3v) is 1.47. The van der Waals surface area contributed by atoms with E-state index in [1.807, 2.05) is 0 Å². The van der Waals surface area contributed by atoms with Crippen LogP contribution in [0, 0.1) is 0 Å². The van der Waals surface area contributed by atoms with Gasteiger partial charge in [0.1, 0.15) is 18.4 Å². The van der Waals surface area contributed by atoms with Crippen LogP contribution in [0.5, 0.6) is 0 Å². The van der Waals surface area contributed by atoms with Crippen molar-refractivity contribution in [3.8, 4) is 0 Å². The van der Waals surface area contributed by atoms with Gasteiger partial charge in [-0.3, -0.25) is 4.79 Å². The summed E-state index contributed by atoms with van der Waals surface area (Å²) < 4.78 is 36.6. The highest BCUT2D eigenvalue weighted by atomic mass is 19.4. The summed E-state index contributed by atoms with van der Waals surface area (Å²) >= 11 is 0. The second-order valence-corrected chi connectivity index (χ2v) is 2.45. The Morgan fingerprint density at radius 1 is 1.36 bits per heavy atom. The molecular formula is C8H6F3NO2. The van der Waals surface area contributed by atoms with E-state index < -0.39 is 17.5 Å². The summed E-state index contributed by atoms with van der Waals surface area (Å²) in [6, 6.07) is 0. The summed E-state index contributed by atoms with van der Waals surface area (Å²) in [7, 11) is 1.21. The number of oxime groups is 1. The van der Waals surface area contributed by atoms with Gasteiger partial charge in [-0.25, -0.2) is 0 Å². The van der Waals surface area contributed by atoms with Crippen molar-refractivity contribution >= 4 is 11.5 Å². The van der Waals surface area contributed by atoms with E-state index >= 15 is 0 Å². The minimum Gasteiger partial charge on any atom is -0.399 e. The Morgan fingerprint density at radius 2 is 2.00 bits per heavy atom. The Bertz CT molecular complexity index is 339. The highest BCUT2D eigenvalue weighted by molar-refractivity contribution is 6.19. The van der Waals surface area contributed by atoms with E-state index in [9.17, 15) is 18.0 Å². The molecule has 1 rings (SSSR count). The highest BCUT2D eigenvalue weighted by Crippen LogP contribution is 2.28. The molecule has 6 heteroatoms. The summed E-state index contributed by atoms with van der Waals surface area (Å²) in [5.41, 5.74) is -1.28. The van der Waals surface area contributed by atoms with Crippen molar-refractivity contribution in [3.63, 3.8) is 0 Å². The molecule has 0 aromatic rings. The first-order valence-electron chi connectivity index (χ1n) is 3.57. The molecule has 0 aromatic carbocycles. The average Bonchev–Trinajstić information content (AvgIpc) is 2.07. The number of hydrogen-bond acceptors (Lipinski definition) is 3. The maximum absolute atomic E-state index is 12.2. The van der Waals surface area contributed by atoms with Gasteiger partial charge in [0.2, 0.25) is 0 Å². The van der Waals surface area contributed by atoms with Crippen LogP contribution >= 0.6 is 0 Å². The van der Waals surface area contributed by atoms with Crippen molar-refractivity contribution in [2.75, 3.05) is 7.11 Å². The monoisotopic (exact) mass is 205 g/mol. The molecule has 0 unspecified atom stereocenters. The SMILES string of the molecule is CO/N=C1\C=CC(=O)C(C(F)(F)F)=C1. The van der Waals surface area contributed by atoms with Gasteiger partial charge in [0.05, 0.1) is 0 Å². The van der Waals surface area contributed by atoms with Gasteiger partial charge in [-0.15, -0.1) is 0 Å². The van der Waals surface area contributed by atoms with E-state index in [4.69, 9.17) is 0 Å². The predicted molar refractivity (Wildman–Crippen MR) is 42.7 cm³/mol. The number of halogens is 3. The van der Waals surface area contributed by atoms with Gasteiger partial charge in [0.15, 0.2) is 5.78 Å². The van der Waals surface area contributed by atoms with E-state index in [0.29, 0.717) is 6.08 Å². The molecule has 1 aliphatic carbocycles. The fraction of sp³-hybridized carbons (Fsp3) is 0.250. The predicted octanol–water partition coefficient (Wildman–Crippen LogP) is 1.62. The van der Waals surface area contributed by atoms with Crippen LogP contribution in [-0.2, 0) is 9.63 Å². The fourth-order valence-electron chi connectivity index (χ4n) is 0.902. The quantitative estimate of drug-likeness (QED) is 0.482. The van der Waals surface area contributed by atoms with Crippen molar-refractivity contribution in [3.05, 3.63) is 23.8 Å². The molecule has 76 valence electrons. The van der Waals surface area contributed by atoms with Crippen molar-refractivity contribution in [2.24, 2.45) is 5.16 Å². The zero-order valence-corrected chi connectivity index (χ0v) is 7.13. The summed E-state index contributed by atoms with van der Waals surface area (Å²) in [5, 5.41) is 3.28. The lowest BCUT2D eigenvalue weighted by Crippen LogP contribution is -2.22. The third kappa shape index (κ3) is 2.21. The molecule has 0 aliphatic heterocycles. The number of carbonyl (C=O) groups is 1. The molecule has 3 nitrogen and oxygen atoms in total. The number of ketones is 1. The molecule has 0 atom stereocenters. The zero-order chi connectivity index (χ0) is 10.8. The largest absolute Gasteiger partial charge is 0.420 e. The molecular weight excluding hydrogens is 199 g/mol. The number of alkyl halides is 3. The lowest BCUT2D eigenvalue weighted by Gasteiger charge is -2.11. The molecule has 0 bridgehead atoms. The lowest BCUT2D eigenvalue weighted by molar-refractivity contribution is -0.125. The van der Waals surface area contributed by atoms with Crippen LogP contribution in [0.4, 0.5) is 13.2 Å². The Hall–Kier alpha value is -1.59. The minimum absolute atomic E-state index is 0.0422. The molecule has 0 saturated carbocycles. The number of hydrogen-bond donors (Lipinski definition) is 0. The Balaban J connectivity index is 3.05. The third-order valence-electron chi connectivity index (χ3n) is 1.47. The summed E-state index contributed by atoms with van der Waals surface area (Å²) in [5.74, 6) is -1.08. The van der Waals surface area contributed by atoms with Crippen LogP contribution in [0.25, 0.3) is 0 Å². The van der Waals surface area contributed by atoms with Gasteiger partial charge in [-0.1, -0.05) is 5.16 Å². The van der Waals surface area contributed by atoms with E-state index in [2.05, 4.69) is 9.99 Å². The first-order valence-corrected chi connectivity index (χ1v) is 3.57. The second-order valence-electron chi connectivity index (χ2n) is 2.45. The second kappa shape index (κ2) is 3.65. The normalized spacial score (nSPS) is 19.9. The number of nitrogens with zero attached hydrogens (tertiary/aromatic N) is 1. The van der Waals surface area contributed by atoms with Crippen LogP contribution in [0.15, 0.2) is 29.0 Å². The van der Waals surface area contributed by atoms with E-state index in [-0.39, 0.29) is 5.71 Å². The van der Waals surface area contributed by atoms with Crippen molar-refractivity contribution in [1.82, 2.24) is 0 Å². The Morgan fingerprint density at radius 3 is 2.50 bits per heavy atom. The van der Waals surface area contributed by atoms with Crippen molar-refractivity contribution in [2.45, 2.75) is 6.18 Å². The molecule has 0 aromatic heterocycles. The molecule has 0 heterocycles. The van der Waals surface area contributed by atoms with Gasteiger partial charge in [-0.05, 0) is 18.2 Å². The van der Waals surface area contributed by atoms with Crippen LogP contribution in [0.3, 0.4) is 0 Å². The summed E-state index contributed by atoms with van der Waals surface area (Å²) in [6.45, 7) is 0. The first kappa shape index (κ1) is 10.5. The highest BCUT2D eigenvalue weighted by Gasteiger charge is 2.38. The van der Waals surface area contributed by atoms with Gasteiger partial charge in [-0.2, -0.15) is 13.2 Å². The molecule has 0 spiro atoms. The lowest BCUT2D eigenvalue weighted by atomic mass is 10.0. The number of rotatable bonds is 1. The minimum atomic E-state index is -4.66. The Kier molecular flexibility index (Phi) is 2.73. The summed E-state index contributed by atoms with van der Waals surface area (Å²) in [6.07, 6.45) is -2.05. The van der Waals surface area contributed by atoms with Crippen LogP contribution in [-0.4, -0.2) is 24.8 Å². The van der Waals surface area contributed by atoms with Gasteiger partial charge in [0, 0.05) is 0 Å². The van der Waals surface area contributed by atoms with E-state index in [0.717, 1.165) is 12.2 Å². The van der Waals surface area contributed by atoms with Crippen LogP contribution in [0.1, 0.15) is 0 Å². The molecule has 0 N–H and O–H groups in total. The van der Waals surface area contributed by atoms with Crippen molar-refractivity contribution in [1.29, 1.82) is 0 Å². The molecule has 1 aliphatic rings. The molecule has 0 saturated heterocycles. The Labute approximate surface area is 77.5 Å². The molecule has 14 heavy (non-hydrogen) atoms. The number of allylic oxidation sites excluding steroid dienone is 4. The smallest absolute Gasteiger partial charge is 0.399 e. The maximum Gasteiger partial charge on any atom is 0.420 e. The molecule has 0 radical (unpaired) electrons. The summed E-state index contributed by atoms with van der Waals surface area (Å²) in [4.78, 5) is 15.1. The van der Waals surface area contributed by atoms with Gasteiger partial charge < -0.3 is 4.84 Å².